The lowest BCUT2D eigenvalue weighted by Gasteiger charge is -2.42. The molecule has 0 heterocycles. The number of nitrogens with one attached hydrogen (secondary N) is 1. The van der Waals surface area contributed by atoms with E-state index in [1.807, 2.05) is 0 Å². The SMILES string of the molecule is CCC1(CNC(C)c2cc(C)cc(C)c2)CCC1. The van der Waals surface area contributed by atoms with Crippen LogP contribution in [0.2, 0.25) is 0 Å². The highest BCUT2D eigenvalue weighted by atomic mass is 14.9. The zero-order chi connectivity index (χ0) is 13.2. The zero-order valence-electron chi connectivity index (χ0n) is 12.3. The molecule has 0 radical (unpaired) electrons. The van der Waals surface area contributed by atoms with Crippen molar-refractivity contribution < 1.29 is 0 Å². The van der Waals surface area contributed by atoms with Gasteiger partial charge in [-0.2, -0.15) is 0 Å². The molecule has 2 rings (SSSR count). The molecule has 1 atom stereocenters. The van der Waals surface area contributed by atoms with Crippen LogP contribution in [0.15, 0.2) is 18.2 Å². The van der Waals surface area contributed by atoms with Crippen molar-refractivity contribution >= 4 is 0 Å². The molecule has 0 saturated heterocycles. The standard InChI is InChI=1S/C17H27N/c1-5-17(7-6-8-17)12-18-15(4)16-10-13(2)9-14(3)11-16/h9-11,15,18H,5-8,12H2,1-4H3. The zero-order valence-corrected chi connectivity index (χ0v) is 12.3. The van der Waals surface area contributed by atoms with Crippen LogP contribution in [0.3, 0.4) is 0 Å². The molecule has 100 valence electrons. The molecule has 0 bridgehead atoms. The first-order chi connectivity index (χ1) is 8.54. The normalized spacial score (nSPS) is 19.3. The second-order valence-corrected chi connectivity index (χ2v) is 6.23. The largest absolute Gasteiger partial charge is 0.310 e. The van der Waals surface area contributed by atoms with Gasteiger partial charge in [0, 0.05) is 12.6 Å². The number of hydrogen-bond acceptors (Lipinski definition) is 1. The number of benzene rings is 1. The molecule has 0 amide bonds. The molecule has 0 aromatic heterocycles. The van der Waals surface area contributed by atoms with Crippen molar-refractivity contribution in [3.8, 4) is 0 Å². The summed E-state index contributed by atoms with van der Waals surface area (Å²) in [6, 6.07) is 7.33. The maximum Gasteiger partial charge on any atom is 0.0292 e. The van der Waals surface area contributed by atoms with Gasteiger partial charge < -0.3 is 5.32 Å². The van der Waals surface area contributed by atoms with Crippen molar-refractivity contribution in [2.75, 3.05) is 6.54 Å². The van der Waals surface area contributed by atoms with E-state index in [0.29, 0.717) is 11.5 Å². The van der Waals surface area contributed by atoms with Crippen LogP contribution in [0, 0.1) is 19.3 Å². The van der Waals surface area contributed by atoms with Gasteiger partial charge in [0.2, 0.25) is 0 Å². The highest BCUT2D eigenvalue weighted by Gasteiger charge is 2.34. The van der Waals surface area contributed by atoms with E-state index in [-0.39, 0.29) is 0 Å². The van der Waals surface area contributed by atoms with Gasteiger partial charge in [-0.05, 0) is 51.0 Å². The second-order valence-electron chi connectivity index (χ2n) is 6.23. The Morgan fingerprint density at radius 3 is 2.22 bits per heavy atom. The molecule has 1 saturated carbocycles. The van der Waals surface area contributed by atoms with Crippen molar-refractivity contribution in [2.24, 2.45) is 5.41 Å². The Bertz CT molecular complexity index is 378. The van der Waals surface area contributed by atoms with Crippen LogP contribution in [0.25, 0.3) is 0 Å². The fourth-order valence-corrected chi connectivity index (χ4v) is 3.08. The van der Waals surface area contributed by atoms with E-state index in [1.54, 1.807) is 0 Å². The van der Waals surface area contributed by atoms with Crippen LogP contribution in [-0.4, -0.2) is 6.54 Å². The smallest absolute Gasteiger partial charge is 0.0292 e. The lowest BCUT2D eigenvalue weighted by Crippen LogP contribution is -2.40. The third kappa shape index (κ3) is 2.95. The van der Waals surface area contributed by atoms with E-state index in [2.05, 4.69) is 51.2 Å². The Morgan fingerprint density at radius 1 is 1.17 bits per heavy atom. The lowest BCUT2D eigenvalue weighted by molar-refractivity contribution is 0.120. The quantitative estimate of drug-likeness (QED) is 0.803. The fourth-order valence-electron chi connectivity index (χ4n) is 3.08. The third-order valence-electron chi connectivity index (χ3n) is 4.69. The molecule has 1 unspecified atom stereocenters. The van der Waals surface area contributed by atoms with Gasteiger partial charge in [-0.25, -0.2) is 0 Å². The number of hydrogen-bond donors (Lipinski definition) is 1. The summed E-state index contributed by atoms with van der Waals surface area (Å²) in [5, 5.41) is 3.75. The average molecular weight is 245 g/mol. The fraction of sp³-hybridized carbons (Fsp3) is 0.647. The van der Waals surface area contributed by atoms with Gasteiger partial charge in [-0.15, -0.1) is 0 Å². The Morgan fingerprint density at radius 2 is 1.78 bits per heavy atom. The van der Waals surface area contributed by atoms with Crippen molar-refractivity contribution in [1.29, 1.82) is 0 Å². The summed E-state index contributed by atoms with van der Waals surface area (Å²) in [4.78, 5) is 0. The second kappa shape index (κ2) is 5.44. The van der Waals surface area contributed by atoms with Crippen molar-refractivity contribution in [3.63, 3.8) is 0 Å². The van der Waals surface area contributed by atoms with E-state index >= 15 is 0 Å². The van der Waals surface area contributed by atoms with Crippen LogP contribution in [-0.2, 0) is 0 Å². The van der Waals surface area contributed by atoms with Crippen molar-refractivity contribution in [3.05, 3.63) is 34.9 Å². The van der Waals surface area contributed by atoms with Crippen LogP contribution in [0.5, 0.6) is 0 Å². The number of rotatable bonds is 5. The monoisotopic (exact) mass is 245 g/mol. The van der Waals surface area contributed by atoms with Gasteiger partial charge in [0.05, 0.1) is 0 Å². The highest BCUT2D eigenvalue weighted by Crippen LogP contribution is 2.43. The molecule has 0 aliphatic heterocycles. The first kappa shape index (κ1) is 13.6. The van der Waals surface area contributed by atoms with Crippen LogP contribution in [0.4, 0.5) is 0 Å². The summed E-state index contributed by atoms with van der Waals surface area (Å²) in [5.41, 5.74) is 4.77. The summed E-state index contributed by atoms with van der Waals surface area (Å²) in [6.45, 7) is 10.2. The molecule has 1 aromatic carbocycles. The molecule has 1 fully saturated rings. The van der Waals surface area contributed by atoms with Crippen LogP contribution in [0.1, 0.15) is 62.3 Å². The van der Waals surface area contributed by atoms with E-state index < -0.39 is 0 Å². The van der Waals surface area contributed by atoms with Crippen molar-refractivity contribution in [2.45, 2.75) is 59.4 Å². The van der Waals surface area contributed by atoms with Gasteiger partial charge in [0.15, 0.2) is 0 Å². The average Bonchev–Trinajstić information content (AvgIpc) is 2.26. The summed E-state index contributed by atoms with van der Waals surface area (Å²) in [6.07, 6.45) is 5.57. The summed E-state index contributed by atoms with van der Waals surface area (Å²) < 4.78 is 0. The van der Waals surface area contributed by atoms with E-state index in [1.165, 1.54) is 48.9 Å². The molecular formula is C17H27N. The number of aryl methyl sites for hydroxylation is 2. The molecule has 1 N–H and O–H groups in total. The lowest BCUT2D eigenvalue weighted by atomic mass is 9.67. The Labute approximate surface area is 112 Å². The molecule has 1 heteroatoms. The first-order valence-electron chi connectivity index (χ1n) is 7.36. The maximum absolute atomic E-state index is 3.75. The summed E-state index contributed by atoms with van der Waals surface area (Å²) in [7, 11) is 0. The van der Waals surface area contributed by atoms with Crippen LogP contribution < -0.4 is 5.32 Å². The topological polar surface area (TPSA) is 12.0 Å². The molecule has 1 nitrogen and oxygen atoms in total. The minimum Gasteiger partial charge on any atom is -0.310 e. The van der Waals surface area contributed by atoms with Gasteiger partial charge in [-0.3, -0.25) is 0 Å². The molecule has 1 aromatic rings. The minimum absolute atomic E-state index is 0.465. The van der Waals surface area contributed by atoms with E-state index in [0.717, 1.165) is 0 Å². The van der Waals surface area contributed by atoms with Crippen molar-refractivity contribution in [1.82, 2.24) is 5.32 Å². The summed E-state index contributed by atoms with van der Waals surface area (Å²) >= 11 is 0. The van der Waals surface area contributed by atoms with Gasteiger partial charge >= 0.3 is 0 Å². The third-order valence-corrected chi connectivity index (χ3v) is 4.69. The Kier molecular flexibility index (Phi) is 4.11. The Hall–Kier alpha value is -0.820. The van der Waals surface area contributed by atoms with Gasteiger partial charge in [0.25, 0.3) is 0 Å². The van der Waals surface area contributed by atoms with Gasteiger partial charge in [-0.1, -0.05) is 42.7 Å². The van der Waals surface area contributed by atoms with Crippen LogP contribution >= 0.6 is 0 Å². The molecule has 1 aliphatic rings. The first-order valence-corrected chi connectivity index (χ1v) is 7.36. The molecule has 1 aliphatic carbocycles. The maximum atomic E-state index is 3.75. The molecular weight excluding hydrogens is 218 g/mol. The summed E-state index contributed by atoms with van der Waals surface area (Å²) in [5.74, 6) is 0. The molecule has 0 spiro atoms. The van der Waals surface area contributed by atoms with Gasteiger partial charge in [0.1, 0.15) is 0 Å². The van der Waals surface area contributed by atoms with E-state index in [4.69, 9.17) is 0 Å². The minimum atomic E-state index is 0.465. The predicted molar refractivity (Wildman–Crippen MR) is 78.9 cm³/mol. The highest BCUT2D eigenvalue weighted by molar-refractivity contribution is 5.30. The predicted octanol–water partition coefficient (Wildman–Crippen LogP) is 4.53. The Balaban J connectivity index is 1.96. The van der Waals surface area contributed by atoms with E-state index in [9.17, 15) is 0 Å². The molecule has 18 heavy (non-hydrogen) atoms.